The third-order valence-electron chi connectivity index (χ3n) is 3.28. The van der Waals surface area contributed by atoms with Gasteiger partial charge in [0.05, 0.1) is 0 Å². The molecule has 0 amide bonds. The molecule has 2 heteroatoms. The van der Waals surface area contributed by atoms with Crippen LogP contribution in [0.2, 0.25) is 0 Å². The van der Waals surface area contributed by atoms with Gasteiger partial charge >= 0.3 is 0 Å². The van der Waals surface area contributed by atoms with E-state index in [2.05, 4.69) is 49.2 Å². The van der Waals surface area contributed by atoms with Gasteiger partial charge in [-0.05, 0) is 30.2 Å². The van der Waals surface area contributed by atoms with Crippen molar-refractivity contribution in [2.45, 2.75) is 19.4 Å². The molecule has 0 saturated heterocycles. The molecule has 0 aliphatic carbocycles. The zero-order valence-electron chi connectivity index (χ0n) is 11.0. The summed E-state index contributed by atoms with van der Waals surface area (Å²) in [4.78, 5) is 2.19. The second kappa shape index (κ2) is 5.69. The Hall–Kier alpha value is -1.80. The smallest absolute Gasteiger partial charge is 0.0456 e. The van der Waals surface area contributed by atoms with E-state index < -0.39 is 0 Å². The van der Waals surface area contributed by atoms with Crippen LogP contribution in [0.25, 0.3) is 0 Å². The number of hydrogen-bond donors (Lipinski definition) is 1. The number of nitrogens with zero attached hydrogens (tertiary/aromatic N) is 1. The Labute approximate surface area is 109 Å². The lowest BCUT2D eigenvalue weighted by Gasteiger charge is -2.24. The van der Waals surface area contributed by atoms with E-state index in [0.717, 1.165) is 6.42 Å². The molecule has 0 saturated carbocycles. The minimum absolute atomic E-state index is 0.0902. The summed E-state index contributed by atoms with van der Waals surface area (Å²) < 4.78 is 0. The Kier molecular flexibility index (Phi) is 4.00. The van der Waals surface area contributed by atoms with Crippen molar-refractivity contribution in [2.24, 2.45) is 5.73 Å². The van der Waals surface area contributed by atoms with Crippen LogP contribution in [0.5, 0.6) is 0 Å². The Morgan fingerprint density at radius 1 is 1.00 bits per heavy atom. The lowest BCUT2D eigenvalue weighted by molar-refractivity contribution is 0.698. The van der Waals surface area contributed by atoms with Crippen LogP contribution in [-0.4, -0.2) is 7.05 Å². The predicted molar refractivity (Wildman–Crippen MR) is 78.2 cm³/mol. The van der Waals surface area contributed by atoms with Crippen LogP contribution in [0.4, 0.5) is 11.4 Å². The van der Waals surface area contributed by atoms with Crippen LogP contribution in [-0.2, 0) is 0 Å². The van der Waals surface area contributed by atoms with E-state index in [9.17, 15) is 0 Å². The van der Waals surface area contributed by atoms with E-state index in [1.807, 2.05) is 24.3 Å². The van der Waals surface area contributed by atoms with Crippen molar-refractivity contribution in [2.75, 3.05) is 11.9 Å². The van der Waals surface area contributed by atoms with Gasteiger partial charge < -0.3 is 10.6 Å². The summed E-state index contributed by atoms with van der Waals surface area (Å²) in [6.07, 6.45) is 0.944. The second-order valence-corrected chi connectivity index (χ2v) is 4.47. The molecule has 2 aromatic rings. The standard InChI is InChI=1S/C16H20N2/c1-3-15(17)14-11-7-8-12-16(14)18(2)13-9-5-4-6-10-13/h4-12,15H,3,17H2,1-2H3/t15-/m0/s1. The van der Waals surface area contributed by atoms with Crippen LogP contribution in [0.1, 0.15) is 24.9 Å². The van der Waals surface area contributed by atoms with E-state index in [-0.39, 0.29) is 6.04 Å². The first-order valence-electron chi connectivity index (χ1n) is 6.37. The molecule has 0 fully saturated rings. The van der Waals surface area contributed by atoms with Gasteiger partial charge in [0.1, 0.15) is 0 Å². The maximum Gasteiger partial charge on any atom is 0.0456 e. The van der Waals surface area contributed by atoms with Crippen LogP contribution in [0, 0.1) is 0 Å². The maximum absolute atomic E-state index is 6.18. The summed E-state index contributed by atoms with van der Waals surface area (Å²) in [6.45, 7) is 2.12. The molecular formula is C16H20N2. The van der Waals surface area contributed by atoms with Crippen LogP contribution >= 0.6 is 0 Å². The highest BCUT2D eigenvalue weighted by Gasteiger charge is 2.12. The molecule has 18 heavy (non-hydrogen) atoms. The summed E-state index contributed by atoms with van der Waals surface area (Å²) >= 11 is 0. The average Bonchev–Trinajstić information content (AvgIpc) is 2.46. The van der Waals surface area contributed by atoms with E-state index in [1.54, 1.807) is 0 Å². The summed E-state index contributed by atoms with van der Waals surface area (Å²) in [5.41, 5.74) is 9.74. The number of anilines is 2. The third kappa shape index (κ3) is 2.54. The van der Waals surface area contributed by atoms with Gasteiger partial charge in [0, 0.05) is 24.5 Å². The molecule has 2 N–H and O–H groups in total. The molecule has 0 heterocycles. The molecule has 0 spiro atoms. The lowest BCUT2D eigenvalue weighted by atomic mass is 10.0. The van der Waals surface area contributed by atoms with Gasteiger partial charge in [-0.2, -0.15) is 0 Å². The van der Waals surface area contributed by atoms with Gasteiger partial charge in [-0.3, -0.25) is 0 Å². The molecular weight excluding hydrogens is 220 g/mol. The summed E-state index contributed by atoms with van der Waals surface area (Å²) in [5, 5.41) is 0. The van der Waals surface area contributed by atoms with Crippen molar-refractivity contribution in [1.29, 1.82) is 0 Å². The molecule has 2 aromatic carbocycles. The first-order valence-corrected chi connectivity index (χ1v) is 6.37. The van der Waals surface area contributed by atoms with E-state index >= 15 is 0 Å². The number of rotatable bonds is 4. The molecule has 0 aliphatic heterocycles. The van der Waals surface area contributed by atoms with Gasteiger partial charge in [-0.15, -0.1) is 0 Å². The number of hydrogen-bond acceptors (Lipinski definition) is 2. The summed E-state index contributed by atoms with van der Waals surface area (Å²) in [6, 6.07) is 18.8. The zero-order valence-corrected chi connectivity index (χ0v) is 11.0. The van der Waals surface area contributed by atoms with Crippen molar-refractivity contribution in [1.82, 2.24) is 0 Å². The average molecular weight is 240 g/mol. The minimum atomic E-state index is 0.0902. The molecule has 0 bridgehead atoms. The van der Waals surface area contributed by atoms with Crippen LogP contribution in [0.3, 0.4) is 0 Å². The van der Waals surface area contributed by atoms with Crippen molar-refractivity contribution >= 4 is 11.4 Å². The highest BCUT2D eigenvalue weighted by Crippen LogP contribution is 2.30. The summed E-state index contributed by atoms with van der Waals surface area (Å²) in [7, 11) is 2.08. The maximum atomic E-state index is 6.18. The van der Waals surface area contributed by atoms with Gasteiger partial charge in [-0.25, -0.2) is 0 Å². The molecule has 0 aromatic heterocycles. The lowest BCUT2D eigenvalue weighted by Crippen LogP contribution is -2.16. The molecule has 1 atom stereocenters. The molecule has 2 rings (SSSR count). The molecule has 0 radical (unpaired) electrons. The SMILES string of the molecule is CC[C@H](N)c1ccccc1N(C)c1ccccc1. The Morgan fingerprint density at radius 3 is 2.28 bits per heavy atom. The highest BCUT2D eigenvalue weighted by molar-refractivity contribution is 5.66. The first kappa shape index (κ1) is 12.7. The number of benzene rings is 2. The fourth-order valence-electron chi connectivity index (χ4n) is 2.12. The van der Waals surface area contributed by atoms with E-state index in [1.165, 1.54) is 16.9 Å². The predicted octanol–water partition coefficient (Wildman–Crippen LogP) is 3.86. The van der Waals surface area contributed by atoms with Gasteiger partial charge in [-0.1, -0.05) is 43.3 Å². The van der Waals surface area contributed by atoms with Crippen LogP contribution < -0.4 is 10.6 Å². The quantitative estimate of drug-likeness (QED) is 0.879. The largest absolute Gasteiger partial charge is 0.344 e. The highest BCUT2D eigenvalue weighted by atomic mass is 15.1. The minimum Gasteiger partial charge on any atom is -0.344 e. The topological polar surface area (TPSA) is 29.3 Å². The van der Waals surface area contributed by atoms with Crippen molar-refractivity contribution < 1.29 is 0 Å². The van der Waals surface area contributed by atoms with E-state index in [4.69, 9.17) is 5.73 Å². The summed E-state index contributed by atoms with van der Waals surface area (Å²) in [5.74, 6) is 0. The zero-order chi connectivity index (χ0) is 13.0. The van der Waals surface area contributed by atoms with Gasteiger partial charge in [0.25, 0.3) is 0 Å². The molecule has 0 unspecified atom stereocenters. The van der Waals surface area contributed by atoms with Crippen molar-refractivity contribution in [3.05, 3.63) is 60.2 Å². The normalized spacial score (nSPS) is 12.2. The third-order valence-corrected chi connectivity index (χ3v) is 3.28. The fraction of sp³-hybridized carbons (Fsp3) is 0.250. The monoisotopic (exact) mass is 240 g/mol. The Bertz CT molecular complexity index is 493. The Balaban J connectivity index is 2.39. The number of para-hydroxylation sites is 2. The van der Waals surface area contributed by atoms with Crippen LogP contribution in [0.15, 0.2) is 54.6 Å². The van der Waals surface area contributed by atoms with Crippen molar-refractivity contribution in [3.8, 4) is 0 Å². The second-order valence-electron chi connectivity index (χ2n) is 4.47. The van der Waals surface area contributed by atoms with Gasteiger partial charge in [0.15, 0.2) is 0 Å². The fourth-order valence-corrected chi connectivity index (χ4v) is 2.12. The molecule has 94 valence electrons. The first-order chi connectivity index (χ1) is 8.74. The van der Waals surface area contributed by atoms with Crippen molar-refractivity contribution in [3.63, 3.8) is 0 Å². The Morgan fingerprint density at radius 2 is 1.61 bits per heavy atom. The molecule has 0 aliphatic rings. The molecule has 2 nitrogen and oxygen atoms in total. The van der Waals surface area contributed by atoms with Gasteiger partial charge in [0.2, 0.25) is 0 Å². The number of nitrogens with two attached hydrogens (primary N) is 1. The van der Waals surface area contributed by atoms with E-state index in [0.29, 0.717) is 0 Å².